The number of nitrogens with one attached hydrogen (secondary N) is 2. The second-order valence-corrected chi connectivity index (χ2v) is 8.38. The standard InChI is InChI=1S/C22H28ClN3S/c1-15-5-4-12-26(14-15)20-10-7-18(8-11-20)17(3)24-22(27)25-19-9-6-16(2)21(23)13-19/h6-11,13,15,17H,4-5,12,14H2,1-3H3,(H2,24,25,27)/t15-,17-/m1/s1. The molecule has 2 aromatic carbocycles. The number of aryl methyl sites for hydroxylation is 1. The van der Waals surface area contributed by atoms with E-state index in [0.29, 0.717) is 5.11 Å². The van der Waals surface area contributed by atoms with Gasteiger partial charge in [-0.25, -0.2) is 0 Å². The minimum atomic E-state index is 0.125. The van der Waals surface area contributed by atoms with E-state index in [9.17, 15) is 0 Å². The first-order valence-corrected chi connectivity index (χ1v) is 10.4. The third-order valence-corrected chi connectivity index (χ3v) is 5.82. The van der Waals surface area contributed by atoms with Crippen LogP contribution in [0, 0.1) is 12.8 Å². The van der Waals surface area contributed by atoms with Gasteiger partial charge in [0, 0.05) is 29.5 Å². The summed E-state index contributed by atoms with van der Waals surface area (Å²) in [6.07, 6.45) is 2.62. The molecule has 1 saturated heterocycles. The molecule has 0 aromatic heterocycles. The Morgan fingerprint density at radius 3 is 2.63 bits per heavy atom. The van der Waals surface area contributed by atoms with Gasteiger partial charge in [-0.15, -0.1) is 0 Å². The van der Waals surface area contributed by atoms with E-state index in [0.717, 1.165) is 35.3 Å². The third kappa shape index (κ3) is 5.36. The molecule has 0 spiro atoms. The highest BCUT2D eigenvalue weighted by Crippen LogP contribution is 2.25. The van der Waals surface area contributed by atoms with Crippen molar-refractivity contribution in [3.05, 3.63) is 58.6 Å². The summed E-state index contributed by atoms with van der Waals surface area (Å²) in [4.78, 5) is 2.49. The largest absolute Gasteiger partial charge is 0.371 e. The van der Waals surface area contributed by atoms with Crippen molar-refractivity contribution in [1.29, 1.82) is 0 Å². The van der Waals surface area contributed by atoms with Crippen LogP contribution in [0.2, 0.25) is 5.02 Å². The highest BCUT2D eigenvalue weighted by Gasteiger charge is 2.17. The van der Waals surface area contributed by atoms with Crippen molar-refractivity contribution < 1.29 is 0 Å². The molecule has 5 heteroatoms. The Balaban J connectivity index is 1.57. The SMILES string of the molecule is Cc1ccc(NC(=S)N[C@H](C)c2ccc(N3CCC[C@@H](C)C3)cc2)cc1Cl. The van der Waals surface area contributed by atoms with E-state index in [4.69, 9.17) is 23.8 Å². The van der Waals surface area contributed by atoms with Crippen LogP contribution in [0.1, 0.15) is 43.9 Å². The molecule has 144 valence electrons. The van der Waals surface area contributed by atoms with Gasteiger partial charge in [-0.3, -0.25) is 0 Å². The zero-order chi connectivity index (χ0) is 19.4. The second kappa shape index (κ2) is 8.94. The first-order chi connectivity index (χ1) is 12.9. The molecule has 0 aliphatic carbocycles. The Labute approximate surface area is 173 Å². The van der Waals surface area contributed by atoms with Crippen LogP contribution in [-0.2, 0) is 0 Å². The van der Waals surface area contributed by atoms with Crippen molar-refractivity contribution in [2.45, 2.75) is 39.7 Å². The molecule has 2 N–H and O–H groups in total. The maximum Gasteiger partial charge on any atom is 0.171 e. The normalized spacial score (nSPS) is 18.1. The Hall–Kier alpha value is -1.78. The molecule has 3 nitrogen and oxygen atoms in total. The van der Waals surface area contributed by atoms with E-state index in [2.05, 4.69) is 53.6 Å². The van der Waals surface area contributed by atoms with E-state index in [1.165, 1.54) is 24.1 Å². The molecule has 1 aliphatic rings. The fourth-order valence-electron chi connectivity index (χ4n) is 3.52. The zero-order valence-electron chi connectivity index (χ0n) is 16.3. The average molecular weight is 402 g/mol. The van der Waals surface area contributed by atoms with Gasteiger partial charge >= 0.3 is 0 Å². The number of rotatable bonds is 4. The van der Waals surface area contributed by atoms with Crippen LogP contribution < -0.4 is 15.5 Å². The molecule has 1 fully saturated rings. The van der Waals surface area contributed by atoms with E-state index in [1.54, 1.807) is 0 Å². The Morgan fingerprint density at radius 1 is 1.22 bits per heavy atom. The van der Waals surface area contributed by atoms with Crippen molar-refractivity contribution >= 4 is 40.3 Å². The molecular formula is C22H28ClN3S. The molecule has 0 unspecified atom stereocenters. The van der Waals surface area contributed by atoms with Gasteiger partial charge in [0.05, 0.1) is 6.04 Å². The predicted molar refractivity (Wildman–Crippen MR) is 121 cm³/mol. The lowest BCUT2D eigenvalue weighted by Gasteiger charge is -2.33. The molecule has 0 bridgehead atoms. The number of benzene rings is 2. The van der Waals surface area contributed by atoms with Gasteiger partial charge in [0.15, 0.2) is 5.11 Å². The quantitative estimate of drug-likeness (QED) is 0.620. The second-order valence-electron chi connectivity index (χ2n) is 7.57. The number of halogens is 1. The molecule has 2 aromatic rings. The summed E-state index contributed by atoms with van der Waals surface area (Å²) in [5, 5.41) is 7.88. The lowest BCUT2D eigenvalue weighted by atomic mass is 9.99. The molecule has 0 saturated carbocycles. The highest BCUT2D eigenvalue weighted by atomic mass is 35.5. The molecule has 0 amide bonds. The average Bonchev–Trinajstić information content (AvgIpc) is 2.65. The summed E-state index contributed by atoms with van der Waals surface area (Å²) >= 11 is 11.6. The Bertz CT molecular complexity index is 791. The van der Waals surface area contributed by atoms with Gasteiger partial charge in [0.2, 0.25) is 0 Å². The van der Waals surface area contributed by atoms with E-state index < -0.39 is 0 Å². The van der Waals surface area contributed by atoms with E-state index in [1.807, 2.05) is 25.1 Å². The number of piperidine rings is 1. The summed E-state index contributed by atoms with van der Waals surface area (Å²) < 4.78 is 0. The molecule has 1 heterocycles. The topological polar surface area (TPSA) is 27.3 Å². The van der Waals surface area contributed by atoms with E-state index >= 15 is 0 Å². The van der Waals surface area contributed by atoms with Crippen LogP contribution in [-0.4, -0.2) is 18.2 Å². The molecular weight excluding hydrogens is 374 g/mol. The van der Waals surface area contributed by atoms with Gasteiger partial charge in [-0.1, -0.05) is 36.7 Å². The van der Waals surface area contributed by atoms with Crippen LogP contribution in [0.3, 0.4) is 0 Å². The Morgan fingerprint density at radius 2 is 1.96 bits per heavy atom. The van der Waals surface area contributed by atoms with Gasteiger partial charge in [-0.05, 0) is 80.2 Å². The molecule has 2 atom stereocenters. The smallest absolute Gasteiger partial charge is 0.171 e. The number of hydrogen-bond donors (Lipinski definition) is 2. The van der Waals surface area contributed by atoms with Crippen LogP contribution in [0.5, 0.6) is 0 Å². The number of thiocarbonyl (C=S) groups is 1. The number of anilines is 2. The number of hydrogen-bond acceptors (Lipinski definition) is 2. The summed E-state index contributed by atoms with van der Waals surface area (Å²) in [6.45, 7) is 8.75. The zero-order valence-corrected chi connectivity index (χ0v) is 17.8. The van der Waals surface area contributed by atoms with Crippen molar-refractivity contribution in [2.75, 3.05) is 23.3 Å². The Kier molecular flexibility index (Phi) is 6.61. The summed E-state index contributed by atoms with van der Waals surface area (Å²) in [5.74, 6) is 0.776. The first-order valence-electron chi connectivity index (χ1n) is 9.61. The molecule has 3 rings (SSSR count). The number of nitrogens with zero attached hydrogens (tertiary/aromatic N) is 1. The maximum atomic E-state index is 6.18. The molecule has 1 aliphatic heterocycles. The summed E-state index contributed by atoms with van der Waals surface area (Å²) in [6, 6.07) is 14.8. The van der Waals surface area contributed by atoms with Gasteiger partial charge in [0.1, 0.15) is 0 Å². The van der Waals surface area contributed by atoms with Gasteiger partial charge < -0.3 is 15.5 Å². The third-order valence-electron chi connectivity index (χ3n) is 5.19. The van der Waals surface area contributed by atoms with E-state index in [-0.39, 0.29) is 6.04 Å². The maximum absolute atomic E-state index is 6.18. The first kappa shape index (κ1) is 20.0. The van der Waals surface area contributed by atoms with Gasteiger partial charge in [-0.2, -0.15) is 0 Å². The van der Waals surface area contributed by atoms with Crippen molar-refractivity contribution in [2.24, 2.45) is 5.92 Å². The van der Waals surface area contributed by atoms with Gasteiger partial charge in [0.25, 0.3) is 0 Å². The van der Waals surface area contributed by atoms with Crippen LogP contribution in [0.4, 0.5) is 11.4 Å². The monoisotopic (exact) mass is 401 g/mol. The van der Waals surface area contributed by atoms with Crippen molar-refractivity contribution in [1.82, 2.24) is 5.32 Å². The lowest BCUT2D eigenvalue weighted by molar-refractivity contribution is 0.447. The van der Waals surface area contributed by atoms with Crippen molar-refractivity contribution in [3.8, 4) is 0 Å². The lowest BCUT2D eigenvalue weighted by Crippen LogP contribution is -2.34. The molecule has 27 heavy (non-hydrogen) atoms. The molecule has 0 radical (unpaired) electrons. The highest BCUT2D eigenvalue weighted by molar-refractivity contribution is 7.80. The summed E-state index contributed by atoms with van der Waals surface area (Å²) in [7, 11) is 0. The van der Waals surface area contributed by atoms with Crippen molar-refractivity contribution in [3.63, 3.8) is 0 Å². The summed E-state index contributed by atoms with van der Waals surface area (Å²) in [5.41, 5.74) is 4.48. The van der Waals surface area contributed by atoms with Crippen LogP contribution >= 0.6 is 23.8 Å². The van der Waals surface area contributed by atoms with Crippen LogP contribution in [0.15, 0.2) is 42.5 Å². The van der Waals surface area contributed by atoms with Crippen LogP contribution in [0.25, 0.3) is 0 Å². The predicted octanol–water partition coefficient (Wildman–Crippen LogP) is 5.93. The minimum absolute atomic E-state index is 0.125. The minimum Gasteiger partial charge on any atom is -0.371 e. The fourth-order valence-corrected chi connectivity index (χ4v) is 3.99. The fraction of sp³-hybridized carbons (Fsp3) is 0.409.